The van der Waals surface area contributed by atoms with Gasteiger partial charge in [-0.2, -0.15) is 0 Å². The van der Waals surface area contributed by atoms with Gasteiger partial charge in [-0.05, 0) is 33.6 Å². The van der Waals surface area contributed by atoms with Crippen LogP contribution in [0.4, 0.5) is 0 Å². The summed E-state index contributed by atoms with van der Waals surface area (Å²) < 4.78 is 7.65. The zero-order valence-corrected chi connectivity index (χ0v) is 9.73. The van der Waals surface area contributed by atoms with E-state index in [9.17, 15) is 0 Å². The summed E-state index contributed by atoms with van der Waals surface area (Å²) in [5.41, 5.74) is 0.0519. The van der Waals surface area contributed by atoms with E-state index in [1.54, 1.807) is 0 Å². The monoisotopic (exact) mass is 209 g/mol. The smallest absolute Gasteiger partial charge is 0.138 e. The zero-order valence-electron chi connectivity index (χ0n) is 9.73. The quantitative estimate of drug-likeness (QED) is 0.709. The minimum atomic E-state index is 0.0519. The number of hydrogen-bond donors (Lipinski definition) is 0. The van der Waals surface area contributed by atoms with E-state index in [0.717, 1.165) is 31.9 Å². The van der Waals surface area contributed by atoms with Crippen LogP contribution in [0.15, 0.2) is 6.33 Å². The molecule has 0 aromatic carbocycles. The van der Waals surface area contributed by atoms with E-state index in [1.807, 2.05) is 6.33 Å². The van der Waals surface area contributed by atoms with Crippen molar-refractivity contribution in [2.45, 2.75) is 45.1 Å². The van der Waals surface area contributed by atoms with Crippen LogP contribution in [0.3, 0.4) is 0 Å². The van der Waals surface area contributed by atoms with Gasteiger partial charge in [-0.25, -0.2) is 0 Å². The van der Waals surface area contributed by atoms with Crippen molar-refractivity contribution in [1.29, 1.82) is 0 Å². The maximum Gasteiger partial charge on any atom is 0.138 e. The molecule has 1 atom stereocenters. The van der Waals surface area contributed by atoms with Crippen molar-refractivity contribution in [2.75, 3.05) is 13.2 Å². The normalized spacial score (nSPS) is 23.0. The Morgan fingerprint density at radius 2 is 2.27 bits per heavy atom. The molecule has 1 aliphatic rings. The summed E-state index contributed by atoms with van der Waals surface area (Å²) >= 11 is 0. The third-order valence-electron chi connectivity index (χ3n) is 2.82. The van der Waals surface area contributed by atoms with Gasteiger partial charge in [0.05, 0.1) is 6.61 Å². The minimum absolute atomic E-state index is 0.0519. The van der Waals surface area contributed by atoms with Crippen molar-refractivity contribution < 1.29 is 4.74 Å². The summed E-state index contributed by atoms with van der Waals surface area (Å²) in [6.07, 6.45) is 4.11. The van der Waals surface area contributed by atoms with Crippen LogP contribution in [0.2, 0.25) is 0 Å². The fourth-order valence-electron chi connectivity index (χ4n) is 1.98. The van der Waals surface area contributed by atoms with Gasteiger partial charge >= 0.3 is 0 Å². The standard InChI is InChI=1S/C11H19N3O/c1-11(2,3)14-8-12-13-10(14)9-5-4-6-15-7-9/h8-9H,4-7H2,1-3H3. The molecule has 4 heteroatoms. The lowest BCUT2D eigenvalue weighted by Gasteiger charge is -2.27. The Balaban J connectivity index is 2.24. The van der Waals surface area contributed by atoms with Crippen LogP contribution in [0.25, 0.3) is 0 Å². The summed E-state index contributed by atoms with van der Waals surface area (Å²) in [5.74, 6) is 1.49. The number of ether oxygens (including phenoxy) is 1. The van der Waals surface area contributed by atoms with Gasteiger partial charge in [0.15, 0.2) is 0 Å². The first-order valence-electron chi connectivity index (χ1n) is 5.57. The van der Waals surface area contributed by atoms with Gasteiger partial charge in [-0.15, -0.1) is 10.2 Å². The molecule has 1 saturated heterocycles. The molecule has 1 aliphatic heterocycles. The largest absolute Gasteiger partial charge is 0.381 e. The lowest BCUT2D eigenvalue weighted by atomic mass is 9.99. The molecule has 2 heterocycles. The van der Waals surface area contributed by atoms with Crippen LogP contribution in [0, 0.1) is 0 Å². The molecule has 0 spiro atoms. The minimum Gasteiger partial charge on any atom is -0.381 e. The molecule has 2 rings (SSSR count). The van der Waals surface area contributed by atoms with Gasteiger partial charge in [-0.3, -0.25) is 0 Å². The predicted molar refractivity (Wildman–Crippen MR) is 57.8 cm³/mol. The summed E-state index contributed by atoms with van der Waals surface area (Å²) in [7, 11) is 0. The third kappa shape index (κ3) is 2.20. The van der Waals surface area contributed by atoms with Crippen molar-refractivity contribution in [2.24, 2.45) is 0 Å². The first kappa shape index (κ1) is 10.6. The fraction of sp³-hybridized carbons (Fsp3) is 0.818. The summed E-state index contributed by atoms with van der Waals surface area (Å²) in [6.45, 7) is 8.19. The van der Waals surface area contributed by atoms with Crippen LogP contribution in [-0.4, -0.2) is 28.0 Å². The molecule has 4 nitrogen and oxygen atoms in total. The molecule has 15 heavy (non-hydrogen) atoms. The van der Waals surface area contributed by atoms with E-state index >= 15 is 0 Å². The first-order valence-corrected chi connectivity index (χ1v) is 5.57. The van der Waals surface area contributed by atoms with E-state index in [0.29, 0.717) is 5.92 Å². The molecule has 0 bridgehead atoms. The SMILES string of the molecule is CC(C)(C)n1cnnc1C1CCCOC1. The second-order valence-electron chi connectivity index (χ2n) is 5.14. The Kier molecular flexibility index (Phi) is 2.78. The third-order valence-corrected chi connectivity index (χ3v) is 2.82. The highest BCUT2D eigenvalue weighted by molar-refractivity contribution is 5.01. The average molecular weight is 209 g/mol. The first-order chi connectivity index (χ1) is 7.09. The Morgan fingerprint density at radius 3 is 2.87 bits per heavy atom. The Morgan fingerprint density at radius 1 is 1.47 bits per heavy atom. The number of rotatable bonds is 1. The van der Waals surface area contributed by atoms with Gasteiger partial charge in [0.2, 0.25) is 0 Å². The average Bonchev–Trinajstić information content (AvgIpc) is 2.67. The second-order valence-corrected chi connectivity index (χ2v) is 5.14. The predicted octanol–water partition coefficient (Wildman–Crippen LogP) is 1.93. The lowest BCUT2D eigenvalue weighted by molar-refractivity contribution is 0.0757. The van der Waals surface area contributed by atoms with Crippen LogP contribution >= 0.6 is 0 Å². The van der Waals surface area contributed by atoms with E-state index in [1.165, 1.54) is 0 Å². The highest BCUT2D eigenvalue weighted by Crippen LogP contribution is 2.27. The topological polar surface area (TPSA) is 39.9 Å². The molecule has 0 amide bonds. The Labute approximate surface area is 90.7 Å². The molecule has 1 unspecified atom stereocenters. The van der Waals surface area contributed by atoms with Gasteiger partial charge < -0.3 is 9.30 Å². The molecule has 0 radical (unpaired) electrons. The second kappa shape index (κ2) is 3.93. The number of hydrogen-bond acceptors (Lipinski definition) is 3. The van der Waals surface area contributed by atoms with Crippen molar-refractivity contribution in [3.05, 3.63) is 12.2 Å². The molecule has 0 saturated carbocycles. The van der Waals surface area contributed by atoms with Gasteiger partial charge in [0.25, 0.3) is 0 Å². The van der Waals surface area contributed by atoms with Crippen LogP contribution < -0.4 is 0 Å². The fourth-order valence-corrected chi connectivity index (χ4v) is 1.98. The van der Waals surface area contributed by atoms with Crippen LogP contribution in [-0.2, 0) is 10.3 Å². The Bertz CT molecular complexity index is 321. The number of nitrogens with zero attached hydrogens (tertiary/aromatic N) is 3. The van der Waals surface area contributed by atoms with Crippen LogP contribution in [0.5, 0.6) is 0 Å². The van der Waals surface area contributed by atoms with E-state index in [4.69, 9.17) is 4.74 Å². The van der Waals surface area contributed by atoms with Crippen molar-refractivity contribution in [1.82, 2.24) is 14.8 Å². The van der Waals surface area contributed by atoms with Gasteiger partial charge in [0, 0.05) is 18.1 Å². The van der Waals surface area contributed by atoms with Crippen molar-refractivity contribution in [3.8, 4) is 0 Å². The van der Waals surface area contributed by atoms with Crippen LogP contribution in [0.1, 0.15) is 45.4 Å². The van der Waals surface area contributed by atoms with Crippen molar-refractivity contribution >= 4 is 0 Å². The van der Waals surface area contributed by atoms with Gasteiger partial charge in [-0.1, -0.05) is 0 Å². The maximum atomic E-state index is 5.49. The van der Waals surface area contributed by atoms with Crippen molar-refractivity contribution in [3.63, 3.8) is 0 Å². The molecule has 1 fully saturated rings. The highest BCUT2D eigenvalue weighted by Gasteiger charge is 2.25. The summed E-state index contributed by atoms with van der Waals surface area (Å²) in [5, 5.41) is 8.26. The molecule has 1 aromatic heterocycles. The Hall–Kier alpha value is -0.900. The van der Waals surface area contributed by atoms with Gasteiger partial charge in [0.1, 0.15) is 12.2 Å². The van der Waals surface area contributed by atoms with E-state index in [2.05, 4.69) is 35.5 Å². The lowest BCUT2D eigenvalue weighted by Crippen LogP contribution is -2.27. The summed E-state index contributed by atoms with van der Waals surface area (Å²) in [6, 6.07) is 0. The molecule has 84 valence electrons. The maximum absolute atomic E-state index is 5.49. The summed E-state index contributed by atoms with van der Waals surface area (Å²) in [4.78, 5) is 0. The number of aromatic nitrogens is 3. The highest BCUT2D eigenvalue weighted by atomic mass is 16.5. The molecule has 0 aliphatic carbocycles. The van der Waals surface area contributed by atoms with E-state index < -0.39 is 0 Å². The van der Waals surface area contributed by atoms with E-state index in [-0.39, 0.29) is 5.54 Å². The zero-order chi connectivity index (χ0) is 10.9. The molecule has 1 aromatic rings. The molecule has 0 N–H and O–H groups in total. The molecular weight excluding hydrogens is 190 g/mol. The molecular formula is C11H19N3O.